The van der Waals surface area contributed by atoms with Crippen molar-refractivity contribution in [1.82, 2.24) is 10.2 Å². The van der Waals surface area contributed by atoms with E-state index in [2.05, 4.69) is 5.32 Å². The molecule has 0 bridgehead atoms. The van der Waals surface area contributed by atoms with Crippen LogP contribution in [-0.4, -0.2) is 40.6 Å². The molecule has 5 heteroatoms. The molecule has 1 heterocycles. The molecule has 1 amide bonds. The molecule has 1 rings (SSSR count). The maximum atomic E-state index is 10.6. The van der Waals surface area contributed by atoms with Gasteiger partial charge in [-0.1, -0.05) is 0 Å². The van der Waals surface area contributed by atoms with E-state index in [-0.39, 0.29) is 11.9 Å². The number of carboxylic acids is 1. The van der Waals surface area contributed by atoms with Crippen molar-refractivity contribution < 1.29 is 14.7 Å². The maximum absolute atomic E-state index is 10.6. The third-order valence-corrected chi connectivity index (χ3v) is 1.81. The summed E-state index contributed by atoms with van der Waals surface area (Å²) in [5.74, 6) is -1.32. The van der Waals surface area contributed by atoms with Crippen LogP contribution in [0.5, 0.6) is 0 Å². The fraction of sp³-hybridized carbons (Fsp3) is 0.714. The Morgan fingerprint density at radius 3 is 2.42 bits per heavy atom. The molecule has 2 N–H and O–H groups in total. The Balaban J connectivity index is 2.50. The minimum Gasteiger partial charge on any atom is -0.479 e. The summed E-state index contributed by atoms with van der Waals surface area (Å²) in [7, 11) is 0. The fourth-order valence-electron chi connectivity index (χ4n) is 1.10. The van der Waals surface area contributed by atoms with Crippen molar-refractivity contribution in [2.75, 3.05) is 6.54 Å². The van der Waals surface area contributed by atoms with Crippen molar-refractivity contribution >= 4 is 11.9 Å². The molecular weight excluding hydrogens is 160 g/mol. The molecule has 1 aliphatic heterocycles. The van der Waals surface area contributed by atoms with Crippen molar-refractivity contribution in [1.29, 1.82) is 0 Å². The first-order valence-corrected chi connectivity index (χ1v) is 3.78. The molecule has 1 saturated heterocycles. The molecule has 0 aromatic heterocycles. The van der Waals surface area contributed by atoms with Crippen LogP contribution in [0.2, 0.25) is 0 Å². The van der Waals surface area contributed by atoms with E-state index < -0.39 is 12.1 Å². The first-order valence-electron chi connectivity index (χ1n) is 3.78. The summed E-state index contributed by atoms with van der Waals surface area (Å²) >= 11 is 0. The first-order chi connectivity index (χ1) is 5.52. The maximum Gasteiger partial charge on any atom is 0.341 e. The van der Waals surface area contributed by atoms with E-state index in [1.807, 2.05) is 6.92 Å². The largest absolute Gasteiger partial charge is 0.479 e. The highest BCUT2D eigenvalue weighted by atomic mass is 16.4. The van der Waals surface area contributed by atoms with E-state index >= 15 is 0 Å². The van der Waals surface area contributed by atoms with Crippen LogP contribution in [0.4, 0.5) is 0 Å². The van der Waals surface area contributed by atoms with Gasteiger partial charge in [0.05, 0.1) is 0 Å². The molecule has 68 valence electrons. The van der Waals surface area contributed by atoms with E-state index in [0.29, 0.717) is 0 Å². The van der Waals surface area contributed by atoms with Gasteiger partial charge in [-0.05, 0) is 6.92 Å². The summed E-state index contributed by atoms with van der Waals surface area (Å²) < 4.78 is 0. The Labute approximate surface area is 70.4 Å². The Kier molecular flexibility index (Phi) is 2.32. The number of aliphatic carboxylic acids is 1. The average Bonchev–Trinajstić information content (AvgIpc) is 2.61. The molecule has 0 aliphatic carbocycles. The molecule has 0 saturated carbocycles. The van der Waals surface area contributed by atoms with Crippen LogP contribution in [0.1, 0.15) is 13.8 Å². The van der Waals surface area contributed by atoms with E-state index in [1.165, 1.54) is 6.92 Å². The van der Waals surface area contributed by atoms with Gasteiger partial charge in [0.15, 0.2) is 6.17 Å². The standard InChI is InChI=1S/C7H12N2O3/c1-4-3-9(4)6(7(11)12)8-5(2)10/h4,6H,3H2,1-2H3,(H,8,10)(H,11,12). The highest BCUT2D eigenvalue weighted by Gasteiger charge is 2.40. The van der Waals surface area contributed by atoms with Gasteiger partial charge in [-0.25, -0.2) is 4.79 Å². The predicted molar refractivity (Wildman–Crippen MR) is 41.4 cm³/mol. The van der Waals surface area contributed by atoms with Gasteiger partial charge in [0, 0.05) is 19.5 Å². The van der Waals surface area contributed by atoms with Gasteiger partial charge in [0.1, 0.15) is 0 Å². The topological polar surface area (TPSA) is 69.4 Å². The van der Waals surface area contributed by atoms with E-state index in [4.69, 9.17) is 5.11 Å². The monoisotopic (exact) mass is 172 g/mol. The summed E-state index contributed by atoms with van der Waals surface area (Å²) in [4.78, 5) is 22.9. The normalized spacial score (nSPS) is 29.2. The summed E-state index contributed by atoms with van der Waals surface area (Å²) in [6.07, 6.45) is -0.850. The van der Waals surface area contributed by atoms with Crippen LogP contribution in [-0.2, 0) is 9.59 Å². The van der Waals surface area contributed by atoms with Crippen molar-refractivity contribution in [3.63, 3.8) is 0 Å². The summed E-state index contributed by atoms with van der Waals surface area (Å²) in [5.41, 5.74) is 0. The van der Waals surface area contributed by atoms with Gasteiger partial charge < -0.3 is 10.4 Å². The van der Waals surface area contributed by atoms with Crippen LogP contribution in [0.3, 0.4) is 0 Å². The minimum atomic E-state index is -1.01. The Bertz CT molecular complexity index is 217. The third kappa shape index (κ3) is 1.94. The number of rotatable bonds is 3. The predicted octanol–water partition coefficient (Wildman–Crippen LogP) is -0.763. The minimum absolute atomic E-state index is 0.262. The van der Waals surface area contributed by atoms with Crippen LogP contribution in [0.25, 0.3) is 0 Å². The van der Waals surface area contributed by atoms with Gasteiger partial charge in [-0.15, -0.1) is 0 Å². The second kappa shape index (κ2) is 3.10. The lowest BCUT2D eigenvalue weighted by Gasteiger charge is -2.14. The number of carbonyl (C=O) groups excluding carboxylic acids is 1. The van der Waals surface area contributed by atoms with E-state index in [0.717, 1.165) is 6.54 Å². The number of carboxylic acid groups (broad SMARTS) is 1. The molecule has 0 aromatic rings. The molecule has 12 heavy (non-hydrogen) atoms. The smallest absolute Gasteiger partial charge is 0.341 e. The summed E-state index contributed by atoms with van der Waals surface area (Å²) in [6.45, 7) is 3.96. The lowest BCUT2D eigenvalue weighted by atomic mass is 10.4. The van der Waals surface area contributed by atoms with Gasteiger partial charge in [-0.2, -0.15) is 0 Å². The molecule has 3 atom stereocenters. The third-order valence-electron chi connectivity index (χ3n) is 1.81. The van der Waals surface area contributed by atoms with Crippen molar-refractivity contribution in [2.45, 2.75) is 26.1 Å². The van der Waals surface area contributed by atoms with Crippen LogP contribution >= 0.6 is 0 Å². The fourth-order valence-corrected chi connectivity index (χ4v) is 1.10. The zero-order valence-corrected chi connectivity index (χ0v) is 7.07. The van der Waals surface area contributed by atoms with E-state index in [9.17, 15) is 9.59 Å². The summed E-state index contributed by atoms with van der Waals surface area (Å²) in [5, 5.41) is 11.1. The van der Waals surface area contributed by atoms with Crippen LogP contribution in [0, 0.1) is 0 Å². The molecule has 1 aliphatic rings. The average molecular weight is 172 g/mol. The second-order valence-corrected chi connectivity index (χ2v) is 2.99. The first kappa shape index (κ1) is 8.99. The van der Waals surface area contributed by atoms with Gasteiger partial charge in [0.2, 0.25) is 5.91 Å². The number of amides is 1. The van der Waals surface area contributed by atoms with Gasteiger partial charge >= 0.3 is 5.97 Å². The SMILES string of the molecule is CC(=O)NC(C(=O)O)N1CC1C. The Hall–Kier alpha value is -1.10. The van der Waals surface area contributed by atoms with Gasteiger partial charge in [0.25, 0.3) is 0 Å². The Morgan fingerprint density at radius 2 is 2.17 bits per heavy atom. The quantitative estimate of drug-likeness (QED) is 0.549. The van der Waals surface area contributed by atoms with Crippen LogP contribution in [0.15, 0.2) is 0 Å². The lowest BCUT2D eigenvalue weighted by molar-refractivity contribution is -0.144. The molecule has 0 spiro atoms. The number of hydrogen-bond donors (Lipinski definition) is 2. The molecule has 5 nitrogen and oxygen atoms in total. The van der Waals surface area contributed by atoms with Crippen molar-refractivity contribution in [3.8, 4) is 0 Å². The highest BCUT2D eigenvalue weighted by molar-refractivity contribution is 5.82. The molecule has 3 unspecified atom stereocenters. The zero-order valence-electron chi connectivity index (χ0n) is 7.07. The van der Waals surface area contributed by atoms with Crippen molar-refractivity contribution in [2.24, 2.45) is 0 Å². The number of hydrogen-bond acceptors (Lipinski definition) is 3. The molecule has 1 fully saturated rings. The zero-order chi connectivity index (χ0) is 9.30. The number of nitrogens with zero attached hydrogens (tertiary/aromatic N) is 1. The van der Waals surface area contributed by atoms with Crippen molar-refractivity contribution in [3.05, 3.63) is 0 Å². The molecular formula is C7H12N2O3. The van der Waals surface area contributed by atoms with E-state index in [1.54, 1.807) is 4.90 Å². The Morgan fingerprint density at radius 1 is 1.67 bits per heavy atom. The second-order valence-electron chi connectivity index (χ2n) is 2.99. The highest BCUT2D eigenvalue weighted by Crippen LogP contribution is 2.18. The number of carbonyl (C=O) groups is 2. The summed E-state index contributed by atoms with van der Waals surface area (Å²) in [6, 6.07) is 0.262. The molecule has 0 aromatic carbocycles. The number of nitrogens with one attached hydrogen (secondary N) is 1. The lowest BCUT2D eigenvalue weighted by Crippen LogP contribution is -2.45. The van der Waals surface area contributed by atoms with Gasteiger partial charge in [-0.3, -0.25) is 9.69 Å². The van der Waals surface area contributed by atoms with Crippen LogP contribution < -0.4 is 5.32 Å². The molecule has 0 radical (unpaired) electrons.